The third-order valence-electron chi connectivity index (χ3n) is 9.40. The van der Waals surface area contributed by atoms with Gasteiger partial charge in [0.15, 0.2) is 5.83 Å². The maximum Gasteiger partial charge on any atom is 0.318 e. The van der Waals surface area contributed by atoms with Gasteiger partial charge >= 0.3 is 6.01 Å². The fourth-order valence-electron chi connectivity index (χ4n) is 7.10. The van der Waals surface area contributed by atoms with Crippen LogP contribution in [0, 0.1) is 17.1 Å². The normalized spacial score (nSPS) is 22.3. The molecule has 3 aliphatic rings. The third kappa shape index (κ3) is 6.90. The summed E-state index contributed by atoms with van der Waals surface area (Å²) in [5.74, 6) is -1.65. The summed E-state index contributed by atoms with van der Waals surface area (Å²) < 4.78 is 40.7. The summed E-state index contributed by atoms with van der Waals surface area (Å²) in [6, 6.07) is 10.8. The van der Waals surface area contributed by atoms with E-state index < -0.39 is 23.6 Å². The number of nitriles is 1. The average molecular weight is 680 g/mol. The molecule has 0 N–H and O–H groups in total. The lowest BCUT2D eigenvalue weighted by Crippen LogP contribution is -2.55. The Morgan fingerprint density at radius 1 is 1.15 bits per heavy atom. The molecule has 1 unspecified atom stereocenters. The summed E-state index contributed by atoms with van der Waals surface area (Å²) in [4.78, 5) is 30.3. The van der Waals surface area contributed by atoms with Crippen LogP contribution < -0.4 is 14.5 Å². The van der Waals surface area contributed by atoms with E-state index in [1.165, 1.54) is 11.0 Å². The molecule has 2 fully saturated rings. The number of halogens is 3. The van der Waals surface area contributed by atoms with Gasteiger partial charge in [0.1, 0.15) is 18.2 Å². The molecule has 48 heavy (non-hydrogen) atoms. The van der Waals surface area contributed by atoms with Gasteiger partial charge in [-0.2, -0.15) is 15.2 Å². The Morgan fingerprint density at radius 3 is 2.65 bits per heavy atom. The lowest BCUT2D eigenvalue weighted by atomic mass is 10.0. The molecular formula is C35H40ClF2N7O3. The molecule has 3 aromatic rings. The van der Waals surface area contributed by atoms with E-state index in [0.717, 1.165) is 35.4 Å². The predicted molar refractivity (Wildman–Crippen MR) is 180 cm³/mol. The monoisotopic (exact) mass is 679 g/mol. The van der Waals surface area contributed by atoms with Gasteiger partial charge in [-0.25, -0.2) is 8.78 Å². The molecule has 6 rings (SSSR count). The van der Waals surface area contributed by atoms with Crippen LogP contribution in [-0.4, -0.2) is 95.8 Å². The Bertz CT molecular complexity index is 1740. The highest BCUT2D eigenvalue weighted by Gasteiger charge is 2.35. The van der Waals surface area contributed by atoms with Gasteiger partial charge in [-0.15, -0.1) is 0 Å². The van der Waals surface area contributed by atoms with E-state index in [9.17, 15) is 18.8 Å². The number of hydrogen-bond donors (Lipinski definition) is 0. The van der Waals surface area contributed by atoms with E-state index >= 15 is 0 Å². The fraction of sp³-hybridized carbons (Fsp3) is 0.486. The van der Waals surface area contributed by atoms with Crippen LogP contribution in [0.4, 0.5) is 20.3 Å². The van der Waals surface area contributed by atoms with E-state index in [2.05, 4.69) is 43.2 Å². The minimum Gasteiger partial charge on any atom is -0.462 e. The van der Waals surface area contributed by atoms with Crippen LogP contribution in [0.3, 0.4) is 0 Å². The number of carbonyl (C=O) groups excluding carboxylic acids is 1. The van der Waals surface area contributed by atoms with Gasteiger partial charge < -0.3 is 24.2 Å². The van der Waals surface area contributed by atoms with E-state index in [1.54, 1.807) is 6.07 Å². The molecule has 0 aliphatic carbocycles. The number of rotatable bonds is 8. The largest absolute Gasteiger partial charge is 0.462 e. The van der Waals surface area contributed by atoms with Crippen LogP contribution in [0.25, 0.3) is 10.8 Å². The quantitative estimate of drug-likeness (QED) is 0.295. The summed E-state index contributed by atoms with van der Waals surface area (Å²) in [6.45, 7) is 13.2. The number of aromatic nitrogens is 2. The van der Waals surface area contributed by atoms with Crippen molar-refractivity contribution in [2.45, 2.75) is 64.4 Å². The smallest absolute Gasteiger partial charge is 0.318 e. The van der Waals surface area contributed by atoms with E-state index in [4.69, 9.17) is 31.0 Å². The molecule has 4 atom stereocenters. The molecule has 0 spiro atoms. The van der Waals surface area contributed by atoms with Crippen molar-refractivity contribution in [1.29, 1.82) is 5.26 Å². The van der Waals surface area contributed by atoms with E-state index in [1.807, 2.05) is 23.1 Å². The summed E-state index contributed by atoms with van der Waals surface area (Å²) in [5, 5.41) is 11.1. The molecular weight excluding hydrogens is 640 g/mol. The minimum atomic E-state index is -1.05. The Balaban J connectivity index is 1.32. The van der Waals surface area contributed by atoms with Crippen molar-refractivity contribution >= 4 is 39.8 Å². The lowest BCUT2D eigenvalue weighted by Gasteiger charge is -2.42. The first-order valence-corrected chi connectivity index (χ1v) is 16.7. The number of fused-ring (bicyclic) bond motifs is 2. The van der Waals surface area contributed by atoms with Crippen molar-refractivity contribution in [3.63, 3.8) is 0 Å². The molecule has 2 aromatic carbocycles. The SMILES string of the molecule is C=C(F)C(=O)N1CCN(c2nc(OCC(C)N3C[C@@H](C)O[C@@H](C)C3)nc3c2CCN(c2cccc4ccc(F)c(Cl)c24)C3)C[C@@H]1CC#N. The number of amides is 1. The summed E-state index contributed by atoms with van der Waals surface area (Å²) >= 11 is 6.50. The molecule has 0 saturated carbocycles. The van der Waals surface area contributed by atoms with Crippen LogP contribution in [0.1, 0.15) is 38.4 Å². The van der Waals surface area contributed by atoms with E-state index in [-0.39, 0.29) is 48.8 Å². The van der Waals surface area contributed by atoms with Crippen LogP contribution in [0.2, 0.25) is 5.02 Å². The highest BCUT2D eigenvalue weighted by atomic mass is 35.5. The van der Waals surface area contributed by atoms with Crippen molar-refractivity contribution < 1.29 is 23.0 Å². The maximum atomic E-state index is 14.6. The number of anilines is 2. The summed E-state index contributed by atoms with van der Waals surface area (Å²) in [5.41, 5.74) is 2.51. The van der Waals surface area contributed by atoms with Crippen molar-refractivity contribution in [3.05, 3.63) is 64.8 Å². The zero-order chi connectivity index (χ0) is 34.1. The van der Waals surface area contributed by atoms with Gasteiger partial charge in [-0.05, 0) is 44.7 Å². The number of ether oxygens (including phenoxy) is 2. The molecule has 1 amide bonds. The van der Waals surface area contributed by atoms with Crippen molar-refractivity contribution in [3.8, 4) is 12.1 Å². The Morgan fingerprint density at radius 2 is 1.92 bits per heavy atom. The second kappa shape index (κ2) is 14.2. The molecule has 13 heteroatoms. The zero-order valence-corrected chi connectivity index (χ0v) is 28.2. The number of piperazine rings is 1. The van der Waals surface area contributed by atoms with Crippen molar-refractivity contribution in [2.24, 2.45) is 0 Å². The van der Waals surface area contributed by atoms with Crippen LogP contribution in [-0.2, 0) is 22.5 Å². The van der Waals surface area contributed by atoms with Crippen molar-refractivity contribution in [1.82, 2.24) is 19.8 Å². The first-order valence-electron chi connectivity index (χ1n) is 16.3. The summed E-state index contributed by atoms with van der Waals surface area (Å²) in [6.07, 6.45) is 0.849. The number of carbonyl (C=O) groups is 1. The topological polar surface area (TPSA) is 98.1 Å². The Kier molecular flexibility index (Phi) is 10.0. The first kappa shape index (κ1) is 33.8. The van der Waals surface area contributed by atoms with Crippen molar-refractivity contribution in [2.75, 3.05) is 55.7 Å². The third-order valence-corrected chi connectivity index (χ3v) is 9.77. The second-order valence-corrected chi connectivity index (χ2v) is 13.3. The standard InChI is InChI=1S/C35H40ClF2N7O3/c1-21(44-16-22(2)48-23(3)17-44)20-47-35-40-29-19-42(30-7-5-6-25-8-9-28(38)32(36)31(25)30)13-11-27(29)33(41-35)43-14-15-45(34(46)24(4)37)26(18-43)10-12-39/h5-9,21-23,26H,4,10-11,13-20H2,1-3H3/t21?,22-,23+,26-/m0/s1. The number of benzene rings is 2. The number of morpholine rings is 1. The first-order chi connectivity index (χ1) is 23.0. The molecule has 0 radical (unpaired) electrons. The van der Waals surface area contributed by atoms with Gasteiger partial charge in [0, 0.05) is 61.9 Å². The molecule has 254 valence electrons. The van der Waals surface area contributed by atoms with Gasteiger partial charge in [0.05, 0.1) is 48.0 Å². The predicted octanol–water partition coefficient (Wildman–Crippen LogP) is 5.28. The number of hydrogen-bond acceptors (Lipinski definition) is 9. The zero-order valence-electron chi connectivity index (χ0n) is 27.5. The van der Waals surface area contributed by atoms with Gasteiger partial charge in [-0.3, -0.25) is 9.69 Å². The Hall–Kier alpha value is -4.05. The second-order valence-electron chi connectivity index (χ2n) is 12.9. The molecule has 1 aromatic heterocycles. The molecule has 2 saturated heterocycles. The van der Waals surface area contributed by atoms with Crippen LogP contribution >= 0.6 is 11.6 Å². The van der Waals surface area contributed by atoms with Gasteiger partial charge in [0.25, 0.3) is 5.91 Å². The van der Waals surface area contributed by atoms with E-state index in [0.29, 0.717) is 43.9 Å². The molecule has 0 bridgehead atoms. The Labute approximate surface area is 284 Å². The lowest BCUT2D eigenvalue weighted by molar-refractivity contribution is -0.131. The van der Waals surface area contributed by atoms with Crippen LogP contribution in [0.15, 0.2) is 42.7 Å². The number of nitrogens with zero attached hydrogens (tertiary/aromatic N) is 7. The highest BCUT2D eigenvalue weighted by molar-refractivity contribution is 6.36. The minimum absolute atomic E-state index is 0.0340. The molecule has 3 aliphatic heterocycles. The van der Waals surface area contributed by atoms with Crippen LogP contribution in [0.5, 0.6) is 6.01 Å². The maximum absolute atomic E-state index is 14.6. The fourth-order valence-corrected chi connectivity index (χ4v) is 7.37. The molecule has 4 heterocycles. The summed E-state index contributed by atoms with van der Waals surface area (Å²) in [7, 11) is 0. The average Bonchev–Trinajstić information content (AvgIpc) is 3.07. The highest BCUT2D eigenvalue weighted by Crippen LogP contribution is 2.38. The molecule has 10 nitrogen and oxygen atoms in total. The van der Waals surface area contributed by atoms with Gasteiger partial charge in [-0.1, -0.05) is 36.4 Å². The van der Waals surface area contributed by atoms with Gasteiger partial charge in [0.2, 0.25) is 0 Å².